The third kappa shape index (κ3) is 3.90. The molecular formula is C14H15Cl2NO2. The van der Waals surface area contributed by atoms with E-state index in [2.05, 4.69) is 5.32 Å². The lowest BCUT2D eigenvalue weighted by Gasteiger charge is -2.08. The number of halogens is 2. The zero-order valence-corrected chi connectivity index (χ0v) is 12.1. The van der Waals surface area contributed by atoms with Gasteiger partial charge in [-0.2, -0.15) is 0 Å². The number of hydrogen-bond donors (Lipinski definition) is 1. The van der Waals surface area contributed by atoms with E-state index in [0.29, 0.717) is 28.9 Å². The standard InChI is InChI=1S/C14H15Cl2NO2/c1-2-17-8-14-10(5-6-18-14)9-19-13-4-3-11(15)7-12(13)16/h3-7,17H,2,8-9H2,1H3. The number of benzene rings is 1. The molecule has 1 heterocycles. The van der Waals surface area contributed by atoms with Crippen LogP contribution in [0.2, 0.25) is 10.0 Å². The topological polar surface area (TPSA) is 34.4 Å². The van der Waals surface area contributed by atoms with Crippen molar-refractivity contribution in [3.63, 3.8) is 0 Å². The van der Waals surface area contributed by atoms with Gasteiger partial charge in [0.05, 0.1) is 17.8 Å². The van der Waals surface area contributed by atoms with Gasteiger partial charge in [-0.1, -0.05) is 30.1 Å². The van der Waals surface area contributed by atoms with Gasteiger partial charge in [0, 0.05) is 10.6 Å². The van der Waals surface area contributed by atoms with E-state index in [1.165, 1.54) is 0 Å². The van der Waals surface area contributed by atoms with Crippen molar-refractivity contribution in [2.24, 2.45) is 0 Å². The highest BCUT2D eigenvalue weighted by atomic mass is 35.5. The minimum atomic E-state index is 0.415. The van der Waals surface area contributed by atoms with Crippen LogP contribution in [0.3, 0.4) is 0 Å². The van der Waals surface area contributed by atoms with Gasteiger partial charge in [-0.15, -0.1) is 0 Å². The largest absolute Gasteiger partial charge is 0.487 e. The third-order valence-electron chi connectivity index (χ3n) is 2.65. The summed E-state index contributed by atoms with van der Waals surface area (Å²) in [5, 5.41) is 4.31. The summed E-state index contributed by atoms with van der Waals surface area (Å²) in [5.74, 6) is 1.49. The van der Waals surface area contributed by atoms with Gasteiger partial charge in [0.2, 0.25) is 0 Å². The molecule has 1 N–H and O–H groups in total. The number of furan rings is 1. The fourth-order valence-corrected chi connectivity index (χ4v) is 2.10. The molecule has 2 rings (SSSR count). The fraction of sp³-hybridized carbons (Fsp3) is 0.286. The van der Waals surface area contributed by atoms with E-state index in [9.17, 15) is 0 Å². The molecular weight excluding hydrogens is 285 g/mol. The first-order valence-electron chi connectivity index (χ1n) is 6.04. The van der Waals surface area contributed by atoms with Crippen LogP contribution in [0, 0.1) is 0 Å². The van der Waals surface area contributed by atoms with Crippen molar-refractivity contribution in [1.29, 1.82) is 0 Å². The third-order valence-corrected chi connectivity index (χ3v) is 3.18. The first-order chi connectivity index (χ1) is 9.20. The van der Waals surface area contributed by atoms with Crippen molar-refractivity contribution in [1.82, 2.24) is 5.32 Å². The predicted molar refractivity (Wildman–Crippen MR) is 76.9 cm³/mol. The molecule has 5 heteroatoms. The molecule has 0 fully saturated rings. The summed E-state index contributed by atoms with van der Waals surface area (Å²) in [6.45, 7) is 4.05. The second kappa shape index (κ2) is 6.85. The first kappa shape index (κ1) is 14.3. The Kier molecular flexibility index (Phi) is 5.14. The van der Waals surface area contributed by atoms with E-state index in [1.807, 2.05) is 13.0 Å². The van der Waals surface area contributed by atoms with E-state index >= 15 is 0 Å². The van der Waals surface area contributed by atoms with E-state index in [1.54, 1.807) is 24.5 Å². The van der Waals surface area contributed by atoms with Gasteiger partial charge in [-0.05, 0) is 30.8 Å². The zero-order valence-electron chi connectivity index (χ0n) is 10.6. The van der Waals surface area contributed by atoms with Crippen LogP contribution >= 0.6 is 23.2 Å². The second-order valence-electron chi connectivity index (χ2n) is 4.01. The van der Waals surface area contributed by atoms with Crippen LogP contribution in [-0.2, 0) is 13.2 Å². The van der Waals surface area contributed by atoms with Crippen LogP contribution in [0.1, 0.15) is 18.2 Å². The van der Waals surface area contributed by atoms with Crippen molar-refractivity contribution in [3.8, 4) is 5.75 Å². The van der Waals surface area contributed by atoms with Gasteiger partial charge in [0.25, 0.3) is 0 Å². The van der Waals surface area contributed by atoms with Gasteiger partial charge >= 0.3 is 0 Å². The molecule has 0 unspecified atom stereocenters. The summed E-state index contributed by atoms with van der Waals surface area (Å²) in [5.41, 5.74) is 1.01. The number of hydrogen-bond acceptors (Lipinski definition) is 3. The lowest BCUT2D eigenvalue weighted by Crippen LogP contribution is -2.12. The quantitative estimate of drug-likeness (QED) is 0.865. The Labute approximate surface area is 122 Å². The van der Waals surface area contributed by atoms with Crippen molar-refractivity contribution in [2.45, 2.75) is 20.1 Å². The molecule has 0 bridgehead atoms. The van der Waals surface area contributed by atoms with E-state index < -0.39 is 0 Å². The molecule has 0 aliphatic heterocycles. The van der Waals surface area contributed by atoms with Gasteiger partial charge in [0.15, 0.2) is 0 Å². The lowest BCUT2D eigenvalue weighted by molar-refractivity contribution is 0.301. The summed E-state index contributed by atoms with van der Waals surface area (Å²) in [6.07, 6.45) is 1.66. The highest BCUT2D eigenvalue weighted by molar-refractivity contribution is 6.35. The number of rotatable bonds is 6. The molecule has 1 aromatic heterocycles. The van der Waals surface area contributed by atoms with Gasteiger partial charge in [-0.3, -0.25) is 0 Å². The van der Waals surface area contributed by atoms with Crippen LogP contribution in [0.25, 0.3) is 0 Å². The molecule has 0 atom stereocenters. The Morgan fingerprint density at radius 3 is 2.84 bits per heavy atom. The molecule has 102 valence electrons. The maximum absolute atomic E-state index is 6.05. The van der Waals surface area contributed by atoms with E-state index in [-0.39, 0.29) is 0 Å². The fourth-order valence-electron chi connectivity index (χ4n) is 1.64. The van der Waals surface area contributed by atoms with Crippen molar-refractivity contribution in [2.75, 3.05) is 6.54 Å². The predicted octanol–water partition coefficient (Wildman–Crippen LogP) is 4.27. The van der Waals surface area contributed by atoms with Gasteiger partial charge in [0.1, 0.15) is 18.1 Å². The SMILES string of the molecule is CCNCc1occc1COc1ccc(Cl)cc1Cl. The molecule has 0 aliphatic carbocycles. The average Bonchev–Trinajstić information content (AvgIpc) is 2.83. The zero-order chi connectivity index (χ0) is 13.7. The first-order valence-corrected chi connectivity index (χ1v) is 6.80. The van der Waals surface area contributed by atoms with Crippen LogP contribution in [0.5, 0.6) is 5.75 Å². The highest BCUT2D eigenvalue weighted by Gasteiger charge is 2.08. The maximum atomic E-state index is 6.05. The molecule has 0 amide bonds. The lowest BCUT2D eigenvalue weighted by atomic mass is 10.2. The molecule has 3 nitrogen and oxygen atoms in total. The average molecular weight is 300 g/mol. The smallest absolute Gasteiger partial charge is 0.138 e. The Morgan fingerprint density at radius 2 is 2.11 bits per heavy atom. The van der Waals surface area contributed by atoms with Gasteiger partial charge < -0.3 is 14.5 Å². The number of nitrogens with one attached hydrogen (secondary N) is 1. The number of ether oxygens (including phenoxy) is 1. The van der Waals surface area contributed by atoms with Crippen molar-refractivity contribution >= 4 is 23.2 Å². The monoisotopic (exact) mass is 299 g/mol. The molecule has 2 aromatic rings. The molecule has 1 aromatic carbocycles. The van der Waals surface area contributed by atoms with Crippen LogP contribution in [0.15, 0.2) is 34.9 Å². The summed E-state index contributed by atoms with van der Waals surface area (Å²) in [4.78, 5) is 0. The van der Waals surface area contributed by atoms with Gasteiger partial charge in [-0.25, -0.2) is 0 Å². The Morgan fingerprint density at radius 1 is 1.26 bits per heavy atom. The summed E-state index contributed by atoms with van der Waals surface area (Å²) in [7, 11) is 0. The van der Waals surface area contributed by atoms with E-state index in [0.717, 1.165) is 17.9 Å². The summed E-state index contributed by atoms with van der Waals surface area (Å²) >= 11 is 11.9. The minimum absolute atomic E-state index is 0.415. The minimum Gasteiger partial charge on any atom is -0.487 e. The molecule has 0 spiro atoms. The molecule has 0 saturated heterocycles. The molecule has 0 saturated carbocycles. The van der Waals surface area contributed by atoms with Crippen LogP contribution in [-0.4, -0.2) is 6.54 Å². The molecule has 0 radical (unpaired) electrons. The Hall–Kier alpha value is -1.16. The normalized spacial score (nSPS) is 10.7. The van der Waals surface area contributed by atoms with E-state index in [4.69, 9.17) is 32.4 Å². The van der Waals surface area contributed by atoms with Crippen LogP contribution < -0.4 is 10.1 Å². The second-order valence-corrected chi connectivity index (χ2v) is 4.86. The maximum Gasteiger partial charge on any atom is 0.138 e. The molecule has 0 aliphatic rings. The summed E-state index contributed by atoms with van der Waals surface area (Å²) in [6, 6.07) is 7.07. The molecule has 19 heavy (non-hydrogen) atoms. The van der Waals surface area contributed by atoms with Crippen molar-refractivity contribution < 1.29 is 9.15 Å². The summed E-state index contributed by atoms with van der Waals surface area (Å²) < 4.78 is 11.1. The van der Waals surface area contributed by atoms with Crippen molar-refractivity contribution in [3.05, 3.63) is 51.9 Å². The Balaban J connectivity index is 2.00. The Bertz CT molecular complexity index is 540. The van der Waals surface area contributed by atoms with Crippen LogP contribution in [0.4, 0.5) is 0 Å². The highest BCUT2D eigenvalue weighted by Crippen LogP contribution is 2.28.